The van der Waals surface area contributed by atoms with E-state index in [1.807, 2.05) is 28.8 Å². The summed E-state index contributed by atoms with van der Waals surface area (Å²) in [6, 6.07) is 14.3. The van der Waals surface area contributed by atoms with Crippen LogP contribution >= 0.6 is 23.1 Å². The minimum absolute atomic E-state index is 0.0727. The van der Waals surface area contributed by atoms with Crippen LogP contribution in [0.15, 0.2) is 53.9 Å². The van der Waals surface area contributed by atoms with Gasteiger partial charge in [0.15, 0.2) is 5.16 Å². The van der Waals surface area contributed by atoms with E-state index in [0.29, 0.717) is 0 Å². The summed E-state index contributed by atoms with van der Waals surface area (Å²) in [7, 11) is 0. The number of rotatable bonds is 6. The highest BCUT2D eigenvalue weighted by Gasteiger charge is 2.11. The normalized spacial score (nSPS) is 11.3. The number of thiazole rings is 1. The minimum Gasteiger partial charge on any atom is -0.325 e. The third-order valence-corrected chi connectivity index (χ3v) is 6.41. The van der Waals surface area contributed by atoms with Crippen LogP contribution in [0.4, 0.5) is 5.69 Å². The average Bonchev–Trinajstić information content (AvgIpc) is 3.33. The lowest BCUT2D eigenvalue weighted by atomic mass is 10.2. The number of hydrogen-bond donors (Lipinski definition) is 1. The third kappa shape index (κ3) is 4.49. The Kier molecular flexibility index (Phi) is 5.64. The van der Waals surface area contributed by atoms with Gasteiger partial charge in [0.2, 0.25) is 5.91 Å². The van der Waals surface area contributed by atoms with E-state index in [4.69, 9.17) is 4.98 Å². The highest BCUT2D eigenvalue weighted by molar-refractivity contribution is 7.99. The van der Waals surface area contributed by atoms with Crippen molar-refractivity contribution in [1.82, 2.24) is 19.7 Å². The van der Waals surface area contributed by atoms with Crippen molar-refractivity contribution in [1.29, 1.82) is 0 Å². The van der Waals surface area contributed by atoms with Crippen molar-refractivity contribution in [3.8, 4) is 10.6 Å². The van der Waals surface area contributed by atoms with Gasteiger partial charge < -0.3 is 9.88 Å². The summed E-state index contributed by atoms with van der Waals surface area (Å²) in [4.78, 5) is 17.0. The Hall–Kier alpha value is -2.71. The molecule has 0 unspecified atom stereocenters. The molecule has 0 atom stereocenters. The van der Waals surface area contributed by atoms with Crippen LogP contribution in [0.1, 0.15) is 25.5 Å². The molecule has 1 N–H and O–H groups in total. The maximum absolute atomic E-state index is 12.3. The molecule has 0 aliphatic rings. The molecule has 0 bridgehead atoms. The molecule has 0 radical (unpaired) electrons. The first-order valence-electron chi connectivity index (χ1n) is 9.29. The van der Waals surface area contributed by atoms with Gasteiger partial charge in [0.1, 0.15) is 11.3 Å². The molecule has 0 saturated carbocycles. The Bertz CT molecular complexity index is 1150. The van der Waals surface area contributed by atoms with Crippen LogP contribution in [0.5, 0.6) is 0 Å². The molecule has 4 rings (SSSR count). The van der Waals surface area contributed by atoms with E-state index >= 15 is 0 Å². The van der Waals surface area contributed by atoms with Gasteiger partial charge in [-0.05, 0) is 62.7 Å². The number of nitrogens with zero attached hydrogens (tertiary/aromatic N) is 4. The number of nitrogens with one attached hydrogen (secondary N) is 1. The molecule has 2 aromatic carbocycles. The standard InChI is InChI=1S/C21H21N5OS2/c1-13(2)26-12-22-25-21(26)28-11-19(27)23-16-7-5-15(6-8-16)20-24-17-9-4-14(3)10-18(17)29-20/h4-10,12-13H,11H2,1-3H3,(H,23,27). The largest absolute Gasteiger partial charge is 0.325 e. The first kappa shape index (κ1) is 19.6. The molecule has 0 fully saturated rings. The Morgan fingerprint density at radius 1 is 1.21 bits per heavy atom. The van der Waals surface area contributed by atoms with Gasteiger partial charge in [-0.3, -0.25) is 4.79 Å². The predicted octanol–water partition coefficient (Wildman–Crippen LogP) is 5.17. The number of aryl methyl sites for hydroxylation is 1. The van der Waals surface area contributed by atoms with Crippen molar-refractivity contribution in [2.24, 2.45) is 0 Å². The van der Waals surface area contributed by atoms with Gasteiger partial charge in [0.25, 0.3) is 0 Å². The van der Waals surface area contributed by atoms with Crippen LogP contribution < -0.4 is 5.32 Å². The highest BCUT2D eigenvalue weighted by Crippen LogP contribution is 2.31. The monoisotopic (exact) mass is 423 g/mol. The molecule has 0 spiro atoms. The Morgan fingerprint density at radius 2 is 2.00 bits per heavy atom. The van der Waals surface area contributed by atoms with Crippen molar-refractivity contribution in [3.63, 3.8) is 0 Å². The van der Waals surface area contributed by atoms with Crippen LogP contribution in [0.3, 0.4) is 0 Å². The number of hydrogen-bond acceptors (Lipinski definition) is 6. The van der Waals surface area contributed by atoms with Crippen molar-refractivity contribution in [2.45, 2.75) is 32.0 Å². The summed E-state index contributed by atoms with van der Waals surface area (Å²) in [5, 5.41) is 12.7. The topological polar surface area (TPSA) is 72.7 Å². The summed E-state index contributed by atoms with van der Waals surface area (Å²) in [6.07, 6.45) is 1.69. The van der Waals surface area contributed by atoms with Gasteiger partial charge >= 0.3 is 0 Å². The zero-order valence-corrected chi connectivity index (χ0v) is 18.0. The fourth-order valence-electron chi connectivity index (χ4n) is 2.87. The molecule has 148 valence electrons. The molecule has 0 saturated heterocycles. The lowest BCUT2D eigenvalue weighted by Gasteiger charge is -2.09. The van der Waals surface area contributed by atoms with E-state index < -0.39 is 0 Å². The molecule has 29 heavy (non-hydrogen) atoms. The molecular formula is C21H21N5OS2. The van der Waals surface area contributed by atoms with E-state index in [9.17, 15) is 4.79 Å². The zero-order chi connectivity index (χ0) is 20.4. The molecule has 8 heteroatoms. The summed E-state index contributed by atoms with van der Waals surface area (Å²) in [5.74, 6) is 0.209. The van der Waals surface area contributed by atoms with E-state index in [2.05, 4.69) is 54.5 Å². The molecule has 0 aliphatic heterocycles. The van der Waals surface area contributed by atoms with E-state index in [0.717, 1.165) is 26.9 Å². The lowest BCUT2D eigenvalue weighted by molar-refractivity contribution is -0.113. The van der Waals surface area contributed by atoms with Gasteiger partial charge in [-0.15, -0.1) is 21.5 Å². The summed E-state index contributed by atoms with van der Waals surface area (Å²) in [6.45, 7) is 6.20. The summed E-state index contributed by atoms with van der Waals surface area (Å²) in [5.41, 5.74) is 4.05. The van der Waals surface area contributed by atoms with Crippen LogP contribution in [-0.2, 0) is 4.79 Å². The maximum Gasteiger partial charge on any atom is 0.234 e. The van der Waals surface area contributed by atoms with Crippen LogP contribution in [-0.4, -0.2) is 31.4 Å². The second-order valence-electron chi connectivity index (χ2n) is 7.02. The average molecular weight is 424 g/mol. The number of benzene rings is 2. The van der Waals surface area contributed by atoms with Crippen molar-refractivity contribution >= 4 is 44.9 Å². The number of carbonyl (C=O) groups is 1. The molecule has 6 nitrogen and oxygen atoms in total. The third-order valence-electron chi connectivity index (χ3n) is 4.39. The van der Waals surface area contributed by atoms with Crippen LogP contribution in [0.25, 0.3) is 20.8 Å². The van der Waals surface area contributed by atoms with E-state index in [1.165, 1.54) is 22.0 Å². The number of thioether (sulfide) groups is 1. The van der Waals surface area contributed by atoms with Crippen LogP contribution in [0, 0.1) is 6.92 Å². The van der Waals surface area contributed by atoms with Crippen molar-refractivity contribution in [3.05, 3.63) is 54.4 Å². The minimum atomic E-state index is -0.0727. The molecule has 2 heterocycles. The smallest absolute Gasteiger partial charge is 0.234 e. The number of anilines is 1. The first-order chi connectivity index (χ1) is 14.0. The molecule has 4 aromatic rings. The zero-order valence-electron chi connectivity index (χ0n) is 16.4. The van der Waals surface area contributed by atoms with Crippen molar-refractivity contribution < 1.29 is 4.79 Å². The van der Waals surface area contributed by atoms with Gasteiger partial charge in [-0.1, -0.05) is 17.8 Å². The Labute approximate surface area is 177 Å². The molecule has 1 amide bonds. The van der Waals surface area contributed by atoms with Crippen LogP contribution in [0.2, 0.25) is 0 Å². The molecule has 0 aliphatic carbocycles. The predicted molar refractivity (Wildman–Crippen MR) is 120 cm³/mol. The second-order valence-corrected chi connectivity index (χ2v) is 8.99. The van der Waals surface area contributed by atoms with Gasteiger partial charge in [-0.2, -0.15) is 0 Å². The number of carbonyl (C=O) groups excluding carboxylic acids is 1. The number of aromatic nitrogens is 4. The fourth-order valence-corrected chi connectivity index (χ4v) is 4.78. The lowest BCUT2D eigenvalue weighted by Crippen LogP contribution is -2.14. The number of fused-ring (bicyclic) bond motifs is 1. The van der Waals surface area contributed by atoms with E-state index in [-0.39, 0.29) is 17.7 Å². The SMILES string of the molecule is Cc1ccc2nc(-c3ccc(NC(=O)CSc4nncn4C(C)C)cc3)sc2c1. The van der Waals surface area contributed by atoms with Crippen molar-refractivity contribution in [2.75, 3.05) is 11.1 Å². The Morgan fingerprint density at radius 3 is 2.76 bits per heavy atom. The van der Waals surface area contributed by atoms with Gasteiger partial charge in [0.05, 0.1) is 16.0 Å². The second kappa shape index (κ2) is 8.34. The number of amides is 1. The summed E-state index contributed by atoms with van der Waals surface area (Å²) >= 11 is 3.06. The Balaban J connectivity index is 1.39. The van der Waals surface area contributed by atoms with Gasteiger partial charge in [-0.25, -0.2) is 4.98 Å². The highest BCUT2D eigenvalue weighted by atomic mass is 32.2. The quantitative estimate of drug-likeness (QED) is 0.433. The fraction of sp³-hybridized carbons (Fsp3) is 0.238. The molecular weight excluding hydrogens is 402 g/mol. The molecule has 2 aromatic heterocycles. The summed E-state index contributed by atoms with van der Waals surface area (Å²) < 4.78 is 3.13. The van der Waals surface area contributed by atoms with E-state index in [1.54, 1.807) is 17.7 Å². The first-order valence-corrected chi connectivity index (χ1v) is 11.1. The maximum atomic E-state index is 12.3. The van der Waals surface area contributed by atoms with Gasteiger partial charge in [0, 0.05) is 17.3 Å².